The molecule has 116 valence electrons. The van der Waals surface area contributed by atoms with Gasteiger partial charge in [-0.05, 0) is 46.2 Å². The van der Waals surface area contributed by atoms with Crippen molar-refractivity contribution < 1.29 is 0 Å². The Morgan fingerprint density at radius 3 is 1.36 bits per heavy atom. The summed E-state index contributed by atoms with van der Waals surface area (Å²) >= 11 is 3.72. The maximum absolute atomic E-state index is 3.72. The van der Waals surface area contributed by atoms with E-state index in [1.165, 1.54) is 32.9 Å². The van der Waals surface area contributed by atoms with E-state index in [0.717, 1.165) is 0 Å². The molecule has 0 amide bonds. The van der Waals surface area contributed by atoms with Crippen LogP contribution in [0.15, 0.2) is 36.4 Å². The minimum atomic E-state index is 0.163. The van der Waals surface area contributed by atoms with Crippen LogP contribution in [0, 0.1) is 0 Å². The highest BCUT2D eigenvalue weighted by atomic mass is 79.9. The van der Waals surface area contributed by atoms with Gasteiger partial charge in [0.15, 0.2) is 0 Å². The molecule has 3 aromatic rings. The summed E-state index contributed by atoms with van der Waals surface area (Å²) in [5.74, 6) is 0. The molecule has 0 atom stereocenters. The number of aromatic nitrogens is 1. The lowest BCUT2D eigenvalue weighted by molar-refractivity contribution is 0.590. The largest absolute Gasteiger partial charge is 0.276 e. The number of benzene rings is 2. The Hall–Kier alpha value is -1.28. The molecule has 1 nitrogen and oxygen atoms in total. The van der Waals surface area contributed by atoms with Gasteiger partial charge >= 0.3 is 0 Å². The molecule has 0 bridgehead atoms. The molecule has 1 heterocycles. The molecule has 3 rings (SSSR count). The molecule has 2 heteroatoms. The first-order chi connectivity index (χ1) is 10.1. The maximum atomic E-state index is 3.72. The molecule has 22 heavy (non-hydrogen) atoms. The molecule has 2 aromatic carbocycles. The summed E-state index contributed by atoms with van der Waals surface area (Å²) in [6.07, 6.45) is 0. The fourth-order valence-corrected chi connectivity index (χ4v) is 3.53. The lowest BCUT2D eigenvalue weighted by Gasteiger charge is -2.19. The molecular weight excluding hydrogens is 334 g/mol. The predicted octanol–water partition coefficient (Wildman–Crippen LogP) is 6.55. The summed E-state index contributed by atoms with van der Waals surface area (Å²) in [5, 5.41) is 2.65. The highest BCUT2D eigenvalue weighted by molar-refractivity contribution is 9.08. The number of halogens is 1. The van der Waals surface area contributed by atoms with E-state index in [-0.39, 0.29) is 10.8 Å². The summed E-state index contributed by atoms with van der Waals surface area (Å²) in [7, 11) is 0. The van der Waals surface area contributed by atoms with E-state index in [0.29, 0.717) is 0 Å². The van der Waals surface area contributed by atoms with Crippen molar-refractivity contribution >= 4 is 38.0 Å². The molecular formula is C20H24BrN. The van der Waals surface area contributed by atoms with Crippen LogP contribution in [-0.2, 0) is 10.8 Å². The number of nitrogens with zero attached hydrogens (tertiary/aromatic N) is 1. The quantitative estimate of drug-likeness (QED) is 0.430. The fourth-order valence-electron chi connectivity index (χ4n) is 2.91. The Bertz CT molecular complexity index is 786. The van der Waals surface area contributed by atoms with E-state index in [1.54, 1.807) is 0 Å². The Morgan fingerprint density at radius 1 is 0.682 bits per heavy atom. The van der Waals surface area contributed by atoms with Crippen molar-refractivity contribution in [2.45, 2.75) is 52.4 Å². The van der Waals surface area contributed by atoms with Crippen molar-refractivity contribution in [3.63, 3.8) is 0 Å². The van der Waals surface area contributed by atoms with E-state index in [9.17, 15) is 0 Å². The van der Waals surface area contributed by atoms with Crippen LogP contribution in [0.1, 0.15) is 52.7 Å². The summed E-state index contributed by atoms with van der Waals surface area (Å²) in [4.78, 5) is 0. The van der Waals surface area contributed by atoms with Gasteiger partial charge in [-0.2, -0.15) is 0 Å². The van der Waals surface area contributed by atoms with Gasteiger partial charge in [-0.15, -0.1) is 0 Å². The van der Waals surface area contributed by atoms with Gasteiger partial charge in [0.2, 0.25) is 0 Å². The third-order valence-corrected chi connectivity index (χ3v) is 5.20. The minimum Gasteiger partial charge on any atom is -0.276 e. The SMILES string of the molecule is CC(C)(C)c1ccc2c(c1)c1cc(C(C)(C)C)ccc1n2Br. The van der Waals surface area contributed by atoms with E-state index in [4.69, 9.17) is 0 Å². The molecule has 0 N–H and O–H groups in total. The van der Waals surface area contributed by atoms with Crippen LogP contribution >= 0.6 is 16.1 Å². The van der Waals surface area contributed by atoms with E-state index in [1.807, 2.05) is 0 Å². The summed E-state index contributed by atoms with van der Waals surface area (Å²) in [5.41, 5.74) is 5.54. The van der Waals surface area contributed by atoms with Gasteiger partial charge in [0.05, 0.1) is 27.2 Å². The van der Waals surface area contributed by atoms with Crippen LogP contribution in [0.3, 0.4) is 0 Å². The van der Waals surface area contributed by atoms with Gasteiger partial charge in [-0.3, -0.25) is 3.59 Å². The van der Waals surface area contributed by atoms with Crippen LogP contribution in [0.5, 0.6) is 0 Å². The second-order valence-corrected chi connectivity index (χ2v) is 8.95. The second-order valence-electron chi connectivity index (χ2n) is 8.24. The van der Waals surface area contributed by atoms with E-state index in [2.05, 4.69) is 97.7 Å². The standard InChI is InChI=1S/C20H24BrN/c1-19(2,3)13-7-9-17-15(11-13)16-12-14(20(4,5)6)8-10-18(16)22(17)21/h7-12H,1-6H3. The number of rotatable bonds is 0. The van der Waals surface area contributed by atoms with Gasteiger partial charge in [0.1, 0.15) is 0 Å². The van der Waals surface area contributed by atoms with Gasteiger partial charge in [0.25, 0.3) is 0 Å². The highest BCUT2D eigenvalue weighted by Crippen LogP contribution is 2.36. The fraction of sp³-hybridized carbons (Fsp3) is 0.400. The van der Waals surface area contributed by atoms with Crippen LogP contribution in [0.4, 0.5) is 0 Å². The third kappa shape index (κ3) is 2.48. The summed E-state index contributed by atoms with van der Waals surface area (Å²) in [6.45, 7) is 13.6. The zero-order chi connectivity index (χ0) is 16.3. The molecule has 0 fully saturated rings. The highest BCUT2D eigenvalue weighted by Gasteiger charge is 2.19. The third-order valence-electron chi connectivity index (χ3n) is 4.44. The van der Waals surface area contributed by atoms with Crippen molar-refractivity contribution in [1.29, 1.82) is 0 Å². The van der Waals surface area contributed by atoms with Crippen molar-refractivity contribution in [1.82, 2.24) is 3.59 Å². The van der Waals surface area contributed by atoms with Crippen LogP contribution < -0.4 is 0 Å². The zero-order valence-electron chi connectivity index (χ0n) is 14.3. The van der Waals surface area contributed by atoms with Gasteiger partial charge in [-0.1, -0.05) is 53.7 Å². The average molecular weight is 358 g/mol. The van der Waals surface area contributed by atoms with Gasteiger partial charge in [-0.25, -0.2) is 0 Å². The number of fused-ring (bicyclic) bond motifs is 3. The van der Waals surface area contributed by atoms with E-state index < -0.39 is 0 Å². The normalized spacial score (nSPS) is 13.2. The Kier molecular flexibility index (Phi) is 3.45. The summed E-state index contributed by atoms with van der Waals surface area (Å²) in [6, 6.07) is 13.6. The molecule has 0 saturated carbocycles. The van der Waals surface area contributed by atoms with Crippen LogP contribution in [-0.4, -0.2) is 3.59 Å². The van der Waals surface area contributed by atoms with E-state index >= 15 is 0 Å². The molecule has 0 saturated heterocycles. The molecule has 0 unspecified atom stereocenters. The minimum absolute atomic E-state index is 0.163. The smallest absolute Gasteiger partial charge is 0.0605 e. The zero-order valence-corrected chi connectivity index (χ0v) is 15.9. The van der Waals surface area contributed by atoms with Crippen LogP contribution in [0.2, 0.25) is 0 Å². The first-order valence-electron chi connectivity index (χ1n) is 7.84. The molecule has 0 spiro atoms. The first kappa shape index (κ1) is 15.6. The second kappa shape index (κ2) is 4.86. The molecule has 0 aliphatic carbocycles. The number of hydrogen-bond donors (Lipinski definition) is 0. The monoisotopic (exact) mass is 357 g/mol. The average Bonchev–Trinajstić information content (AvgIpc) is 2.70. The topological polar surface area (TPSA) is 4.93 Å². The molecule has 1 aromatic heterocycles. The lowest BCUT2D eigenvalue weighted by Crippen LogP contribution is -2.10. The molecule has 0 radical (unpaired) electrons. The van der Waals surface area contributed by atoms with Gasteiger partial charge < -0.3 is 0 Å². The predicted molar refractivity (Wildman–Crippen MR) is 101 cm³/mol. The van der Waals surface area contributed by atoms with Crippen molar-refractivity contribution in [2.24, 2.45) is 0 Å². The molecule has 0 aliphatic rings. The lowest BCUT2D eigenvalue weighted by atomic mass is 9.85. The van der Waals surface area contributed by atoms with Crippen molar-refractivity contribution in [3.8, 4) is 0 Å². The Labute approximate surface area is 141 Å². The number of hydrogen-bond acceptors (Lipinski definition) is 0. The Balaban J connectivity index is 2.38. The Morgan fingerprint density at radius 2 is 1.05 bits per heavy atom. The maximum Gasteiger partial charge on any atom is 0.0605 e. The van der Waals surface area contributed by atoms with Crippen molar-refractivity contribution in [2.75, 3.05) is 0 Å². The van der Waals surface area contributed by atoms with Gasteiger partial charge in [0, 0.05) is 10.8 Å². The van der Waals surface area contributed by atoms with Crippen LogP contribution in [0.25, 0.3) is 21.8 Å². The summed E-state index contributed by atoms with van der Waals surface area (Å²) < 4.78 is 2.12. The van der Waals surface area contributed by atoms with Crippen molar-refractivity contribution in [3.05, 3.63) is 47.5 Å². The first-order valence-corrected chi connectivity index (χ1v) is 8.55. The molecule has 0 aliphatic heterocycles.